The molecule has 0 aliphatic carbocycles. The van der Waals surface area contributed by atoms with Gasteiger partial charge in [-0.2, -0.15) is 0 Å². The summed E-state index contributed by atoms with van der Waals surface area (Å²) in [6.07, 6.45) is 4.38. The maximum atomic E-state index is 12.9. The number of piperidine rings is 1. The van der Waals surface area contributed by atoms with E-state index in [1.807, 2.05) is 20.8 Å². The van der Waals surface area contributed by atoms with Gasteiger partial charge in [0.1, 0.15) is 12.1 Å². The van der Waals surface area contributed by atoms with Crippen molar-refractivity contribution in [2.24, 2.45) is 5.92 Å². The standard InChI is InChI=1S/C15H26N2O3S/c1-10(2)13-15(19)16-8-6-5-7-12(16)14(18)17(13)11(3)9-21(4)20/h10-13H,5-9H2,1-4H3. The summed E-state index contributed by atoms with van der Waals surface area (Å²) >= 11 is 0. The lowest BCUT2D eigenvalue weighted by molar-refractivity contribution is -0.167. The molecule has 0 aromatic rings. The molecular formula is C15H26N2O3S. The van der Waals surface area contributed by atoms with Crippen LogP contribution in [-0.2, 0) is 20.4 Å². The lowest BCUT2D eigenvalue weighted by Gasteiger charge is -2.50. The highest BCUT2D eigenvalue weighted by Gasteiger charge is 2.48. The van der Waals surface area contributed by atoms with Crippen LogP contribution in [0.15, 0.2) is 0 Å². The SMILES string of the molecule is CC(C)C1C(=O)N2CCCCC2C(=O)N1C(C)CS(C)=O. The Kier molecular flexibility index (Phi) is 5.07. The minimum Gasteiger partial charge on any atom is -0.329 e. The molecule has 0 N–H and O–H groups in total. The number of carbonyl (C=O) groups excluding carboxylic acids is 2. The first kappa shape index (κ1) is 16.5. The highest BCUT2D eigenvalue weighted by molar-refractivity contribution is 7.84. The van der Waals surface area contributed by atoms with Crippen molar-refractivity contribution in [3.8, 4) is 0 Å². The van der Waals surface area contributed by atoms with Crippen LogP contribution in [0.1, 0.15) is 40.0 Å². The summed E-state index contributed by atoms with van der Waals surface area (Å²) in [5, 5.41) is 0. The zero-order valence-corrected chi connectivity index (χ0v) is 14.2. The van der Waals surface area contributed by atoms with Crippen LogP contribution in [0.2, 0.25) is 0 Å². The molecule has 5 nitrogen and oxygen atoms in total. The van der Waals surface area contributed by atoms with Gasteiger partial charge in [-0.05, 0) is 32.1 Å². The van der Waals surface area contributed by atoms with Gasteiger partial charge in [0.25, 0.3) is 0 Å². The molecule has 0 bridgehead atoms. The molecule has 4 atom stereocenters. The van der Waals surface area contributed by atoms with Gasteiger partial charge < -0.3 is 9.80 Å². The van der Waals surface area contributed by atoms with Gasteiger partial charge in [0, 0.05) is 35.4 Å². The second-order valence-electron chi connectivity index (χ2n) is 6.57. The van der Waals surface area contributed by atoms with Crippen LogP contribution in [0.5, 0.6) is 0 Å². The number of amides is 2. The quantitative estimate of drug-likeness (QED) is 0.778. The van der Waals surface area contributed by atoms with E-state index in [1.54, 1.807) is 16.1 Å². The van der Waals surface area contributed by atoms with E-state index in [0.717, 1.165) is 19.3 Å². The van der Waals surface area contributed by atoms with Crippen molar-refractivity contribution in [1.29, 1.82) is 0 Å². The lowest BCUT2D eigenvalue weighted by Crippen LogP contribution is -2.69. The van der Waals surface area contributed by atoms with Crippen LogP contribution in [0, 0.1) is 5.92 Å². The third kappa shape index (κ3) is 3.15. The highest BCUT2D eigenvalue weighted by Crippen LogP contribution is 2.30. The average molecular weight is 314 g/mol. The largest absolute Gasteiger partial charge is 0.329 e. The number of hydrogen-bond acceptors (Lipinski definition) is 3. The number of piperazine rings is 1. The van der Waals surface area contributed by atoms with E-state index in [9.17, 15) is 13.8 Å². The molecule has 0 saturated carbocycles. The molecule has 120 valence electrons. The van der Waals surface area contributed by atoms with Gasteiger partial charge in [-0.25, -0.2) is 0 Å². The molecule has 0 aromatic carbocycles. The second-order valence-corrected chi connectivity index (χ2v) is 8.05. The van der Waals surface area contributed by atoms with E-state index in [4.69, 9.17) is 0 Å². The van der Waals surface area contributed by atoms with Crippen LogP contribution in [0.3, 0.4) is 0 Å². The predicted molar refractivity (Wildman–Crippen MR) is 83.2 cm³/mol. The Balaban J connectivity index is 2.32. The Labute approximate surface area is 129 Å². The summed E-state index contributed by atoms with van der Waals surface area (Å²) in [4.78, 5) is 29.2. The van der Waals surface area contributed by atoms with Crippen LogP contribution >= 0.6 is 0 Å². The van der Waals surface area contributed by atoms with E-state index in [1.165, 1.54) is 0 Å². The normalized spacial score (nSPS) is 29.6. The van der Waals surface area contributed by atoms with Crippen molar-refractivity contribution in [2.75, 3.05) is 18.6 Å². The molecule has 2 saturated heterocycles. The van der Waals surface area contributed by atoms with E-state index in [-0.39, 0.29) is 29.8 Å². The van der Waals surface area contributed by atoms with Gasteiger partial charge in [-0.1, -0.05) is 13.8 Å². The number of carbonyl (C=O) groups is 2. The summed E-state index contributed by atoms with van der Waals surface area (Å²) < 4.78 is 11.5. The number of fused-ring (bicyclic) bond motifs is 1. The van der Waals surface area contributed by atoms with Gasteiger partial charge >= 0.3 is 0 Å². The maximum absolute atomic E-state index is 12.9. The third-order valence-electron chi connectivity index (χ3n) is 4.46. The Morgan fingerprint density at radius 2 is 1.86 bits per heavy atom. The molecular weight excluding hydrogens is 288 g/mol. The molecule has 4 unspecified atom stereocenters. The third-order valence-corrected chi connectivity index (χ3v) is 5.41. The number of hydrogen-bond donors (Lipinski definition) is 0. The smallest absolute Gasteiger partial charge is 0.246 e. The number of rotatable bonds is 4. The summed E-state index contributed by atoms with van der Waals surface area (Å²) in [6.45, 7) is 6.55. The topological polar surface area (TPSA) is 57.7 Å². The summed E-state index contributed by atoms with van der Waals surface area (Å²) in [5.41, 5.74) is 0. The van der Waals surface area contributed by atoms with Crippen molar-refractivity contribution < 1.29 is 13.8 Å². The van der Waals surface area contributed by atoms with Crippen molar-refractivity contribution in [1.82, 2.24) is 9.80 Å². The molecule has 0 spiro atoms. The van der Waals surface area contributed by atoms with Crippen LogP contribution in [0.4, 0.5) is 0 Å². The van der Waals surface area contributed by atoms with Crippen LogP contribution in [-0.4, -0.2) is 62.5 Å². The minimum absolute atomic E-state index is 0.0472. The van der Waals surface area contributed by atoms with Gasteiger partial charge in [0.05, 0.1) is 0 Å². The summed E-state index contributed by atoms with van der Waals surface area (Å²) in [5.74, 6) is 0.612. The first-order valence-corrected chi connectivity index (χ1v) is 9.50. The molecule has 2 fully saturated rings. The Morgan fingerprint density at radius 3 is 2.43 bits per heavy atom. The first-order chi connectivity index (χ1) is 9.84. The summed E-state index contributed by atoms with van der Waals surface area (Å²) in [7, 11) is -0.980. The van der Waals surface area contributed by atoms with Gasteiger partial charge in [-0.15, -0.1) is 0 Å². The number of nitrogens with zero attached hydrogens (tertiary/aromatic N) is 2. The molecule has 0 aromatic heterocycles. The van der Waals surface area contributed by atoms with Crippen LogP contribution in [0.25, 0.3) is 0 Å². The highest BCUT2D eigenvalue weighted by atomic mass is 32.2. The van der Waals surface area contributed by atoms with Crippen LogP contribution < -0.4 is 0 Å². The Bertz CT molecular complexity index is 452. The minimum atomic E-state index is -0.980. The maximum Gasteiger partial charge on any atom is 0.246 e. The molecule has 2 rings (SSSR count). The van der Waals surface area contributed by atoms with Crippen molar-refractivity contribution in [3.63, 3.8) is 0 Å². The summed E-state index contributed by atoms with van der Waals surface area (Å²) in [6, 6.07) is -0.872. The fraction of sp³-hybridized carbons (Fsp3) is 0.867. The van der Waals surface area contributed by atoms with E-state index < -0.39 is 16.8 Å². The van der Waals surface area contributed by atoms with E-state index in [0.29, 0.717) is 12.3 Å². The van der Waals surface area contributed by atoms with Gasteiger partial charge in [0.2, 0.25) is 11.8 Å². The lowest BCUT2D eigenvalue weighted by atomic mass is 9.90. The molecule has 2 heterocycles. The van der Waals surface area contributed by atoms with Crippen molar-refractivity contribution in [3.05, 3.63) is 0 Å². The molecule has 2 amide bonds. The Morgan fingerprint density at radius 1 is 1.19 bits per heavy atom. The molecule has 21 heavy (non-hydrogen) atoms. The van der Waals surface area contributed by atoms with Gasteiger partial charge in [0.15, 0.2) is 0 Å². The van der Waals surface area contributed by atoms with E-state index in [2.05, 4.69) is 0 Å². The molecule has 2 aliphatic heterocycles. The average Bonchev–Trinajstić information content (AvgIpc) is 2.41. The second kappa shape index (κ2) is 6.46. The zero-order chi connectivity index (χ0) is 15.7. The molecule has 2 aliphatic rings. The Hall–Kier alpha value is -0.910. The van der Waals surface area contributed by atoms with Crippen molar-refractivity contribution >= 4 is 22.6 Å². The first-order valence-electron chi connectivity index (χ1n) is 7.77. The monoisotopic (exact) mass is 314 g/mol. The molecule has 0 radical (unpaired) electrons. The van der Waals surface area contributed by atoms with Gasteiger partial charge in [-0.3, -0.25) is 13.8 Å². The zero-order valence-electron chi connectivity index (χ0n) is 13.4. The fourth-order valence-corrected chi connectivity index (χ4v) is 4.41. The van der Waals surface area contributed by atoms with E-state index >= 15 is 0 Å². The molecule has 6 heteroatoms. The predicted octanol–water partition coefficient (Wildman–Crippen LogP) is 1.00. The van der Waals surface area contributed by atoms with Crippen molar-refractivity contribution in [2.45, 2.75) is 58.2 Å². The fourth-order valence-electron chi connectivity index (χ4n) is 3.57.